The van der Waals surface area contributed by atoms with E-state index in [4.69, 9.17) is 25.8 Å². The minimum absolute atomic E-state index is 0.239. The van der Waals surface area contributed by atoms with Crippen LogP contribution in [0, 0.1) is 0 Å². The number of hydrogen-bond acceptors (Lipinski definition) is 8. The molecule has 0 spiro atoms. The van der Waals surface area contributed by atoms with E-state index in [1.165, 1.54) is 30.4 Å². The molecule has 1 N–H and O–H groups in total. The zero-order valence-corrected chi connectivity index (χ0v) is 20.8. The molecule has 3 aromatic rings. The first-order chi connectivity index (χ1) is 17.0. The number of likely N-dealkylation sites (N-methyl/N-ethyl adjacent to an activating group) is 1. The molecule has 1 saturated heterocycles. The van der Waals surface area contributed by atoms with Crippen LogP contribution in [-0.2, 0) is 6.42 Å². The van der Waals surface area contributed by atoms with Crippen molar-refractivity contribution < 1.29 is 9.26 Å². The van der Waals surface area contributed by atoms with E-state index in [0.29, 0.717) is 28.4 Å². The lowest BCUT2D eigenvalue weighted by Gasteiger charge is -2.33. The molecular formula is C26H29ClN6O2. The predicted octanol–water partition coefficient (Wildman–Crippen LogP) is 5.63. The second-order valence-corrected chi connectivity index (χ2v) is 10.2. The maximum Gasteiger partial charge on any atom is 0.325 e. The minimum atomic E-state index is 0.239. The number of allylic oxidation sites excluding steroid dienone is 1. The SMILES string of the molecule is CC1=Cc2c(ccc(Oc3nc(Nc4cc(C5CCC5)no4)cc(N4CCN(C)CC4)n3)c2Cl)C1. The monoisotopic (exact) mass is 492 g/mol. The number of fused-ring (bicyclic) bond motifs is 1. The van der Waals surface area contributed by atoms with E-state index in [0.717, 1.165) is 49.7 Å². The zero-order chi connectivity index (χ0) is 23.9. The molecule has 2 fully saturated rings. The predicted molar refractivity (Wildman–Crippen MR) is 137 cm³/mol. The smallest absolute Gasteiger partial charge is 0.325 e. The van der Waals surface area contributed by atoms with Crippen LogP contribution in [0.25, 0.3) is 6.08 Å². The minimum Gasteiger partial charge on any atom is -0.423 e. The molecule has 9 heteroatoms. The molecule has 182 valence electrons. The lowest BCUT2D eigenvalue weighted by Crippen LogP contribution is -2.44. The summed E-state index contributed by atoms with van der Waals surface area (Å²) in [5, 5.41) is 8.10. The summed E-state index contributed by atoms with van der Waals surface area (Å²) < 4.78 is 11.7. The van der Waals surface area contributed by atoms with Gasteiger partial charge in [-0.05, 0) is 44.9 Å². The number of hydrogen-bond donors (Lipinski definition) is 1. The van der Waals surface area contributed by atoms with Crippen molar-refractivity contribution in [2.45, 2.75) is 38.5 Å². The van der Waals surface area contributed by atoms with Crippen LogP contribution in [0.3, 0.4) is 0 Å². The molecule has 3 heterocycles. The summed E-state index contributed by atoms with van der Waals surface area (Å²) in [5.74, 6) is 3.01. The van der Waals surface area contributed by atoms with Crippen molar-refractivity contribution in [3.63, 3.8) is 0 Å². The van der Waals surface area contributed by atoms with Crippen LogP contribution in [0.2, 0.25) is 5.02 Å². The van der Waals surface area contributed by atoms with Gasteiger partial charge < -0.3 is 24.4 Å². The maximum atomic E-state index is 6.72. The summed E-state index contributed by atoms with van der Waals surface area (Å²) in [7, 11) is 2.13. The molecule has 3 aliphatic rings. The van der Waals surface area contributed by atoms with Gasteiger partial charge in [0.15, 0.2) is 0 Å². The highest BCUT2D eigenvalue weighted by Crippen LogP contribution is 2.39. The second-order valence-electron chi connectivity index (χ2n) is 9.77. The van der Waals surface area contributed by atoms with Gasteiger partial charge >= 0.3 is 6.01 Å². The molecule has 8 nitrogen and oxygen atoms in total. The van der Waals surface area contributed by atoms with Crippen molar-refractivity contribution >= 4 is 35.2 Å². The molecular weight excluding hydrogens is 464 g/mol. The number of ether oxygens (including phenoxy) is 1. The molecule has 6 rings (SSSR count). The van der Waals surface area contributed by atoms with Crippen molar-refractivity contribution in [2.75, 3.05) is 43.4 Å². The highest BCUT2D eigenvalue weighted by Gasteiger charge is 2.24. The van der Waals surface area contributed by atoms with Crippen LogP contribution in [-0.4, -0.2) is 53.3 Å². The summed E-state index contributed by atoms with van der Waals surface area (Å²) in [6, 6.07) is 8.09. The van der Waals surface area contributed by atoms with Crippen LogP contribution < -0.4 is 15.0 Å². The fourth-order valence-electron chi connectivity index (χ4n) is 4.79. The fourth-order valence-corrected chi connectivity index (χ4v) is 5.07. The third-order valence-electron chi connectivity index (χ3n) is 7.12. The molecule has 2 aliphatic carbocycles. The Morgan fingerprint density at radius 2 is 1.94 bits per heavy atom. The van der Waals surface area contributed by atoms with Crippen LogP contribution >= 0.6 is 11.6 Å². The van der Waals surface area contributed by atoms with E-state index >= 15 is 0 Å². The molecule has 0 amide bonds. The van der Waals surface area contributed by atoms with Gasteiger partial charge in [-0.3, -0.25) is 0 Å². The van der Waals surface area contributed by atoms with Crippen molar-refractivity contribution in [2.24, 2.45) is 0 Å². The maximum absolute atomic E-state index is 6.72. The molecule has 0 unspecified atom stereocenters. The molecule has 1 saturated carbocycles. The van der Waals surface area contributed by atoms with Gasteiger partial charge in [-0.1, -0.05) is 40.9 Å². The number of anilines is 3. The summed E-state index contributed by atoms with van der Waals surface area (Å²) in [4.78, 5) is 13.9. The van der Waals surface area contributed by atoms with E-state index in [-0.39, 0.29) is 6.01 Å². The van der Waals surface area contributed by atoms with Crippen molar-refractivity contribution in [1.29, 1.82) is 0 Å². The fraction of sp³-hybridized carbons (Fsp3) is 0.423. The normalized spacial score (nSPS) is 18.3. The van der Waals surface area contributed by atoms with Crippen molar-refractivity contribution in [3.05, 3.63) is 51.7 Å². The van der Waals surface area contributed by atoms with Gasteiger partial charge in [-0.2, -0.15) is 9.97 Å². The number of halogens is 1. The van der Waals surface area contributed by atoms with Crippen molar-refractivity contribution in [3.8, 4) is 11.8 Å². The van der Waals surface area contributed by atoms with E-state index in [1.807, 2.05) is 18.2 Å². The van der Waals surface area contributed by atoms with Gasteiger partial charge in [-0.25, -0.2) is 0 Å². The van der Waals surface area contributed by atoms with E-state index in [2.05, 4.69) is 51.4 Å². The number of piperazine rings is 1. The van der Waals surface area contributed by atoms with Crippen LogP contribution in [0.1, 0.15) is 48.9 Å². The topological polar surface area (TPSA) is 79.5 Å². The van der Waals surface area contributed by atoms with Crippen LogP contribution in [0.5, 0.6) is 11.8 Å². The molecule has 35 heavy (non-hydrogen) atoms. The Kier molecular flexibility index (Phi) is 5.86. The number of aromatic nitrogens is 3. The Labute approximate surface area is 209 Å². The third kappa shape index (κ3) is 4.60. The summed E-state index contributed by atoms with van der Waals surface area (Å²) >= 11 is 6.72. The highest BCUT2D eigenvalue weighted by atomic mass is 35.5. The van der Waals surface area contributed by atoms with Crippen LogP contribution in [0.4, 0.5) is 17.5 Å². The van der Waals surface area contributed by atoms with E-state index in [1.54, 1.807) is 0 Å². The average Bonchev–Trinajstić information content (AvgIpc) is 3.41. The number of rotatable bonds is 6. The third-order valence-corrected chi connectivity index (χ3v) is 7.51. The lowest BCUT2D eigenvalue weighted by atomic mass is 9.83. The Morgan fingerprint density at radius 3 is 2.71 bits per heavy atom. The summed E-state index contributed by atoms with van der Waals surface area (Å²) in [6.45, 7) is 5.81. The molecule has 2 aromatic heterocycles. The van der Waals surface area contributed by atoms with Gasteiger partial charge in [0.05, 0.1) is 10.7 Å². The number of nitrogens with one attached hydrogen (secondary N) is 1. The number of nitrogens with zero attached hydrogens (tertiary/aromatic N) is 5. The zero-order valence-electron chi connectivity index (χ0n) is 20.1. The van der Waals surface area contributed by atoms with Gasteiger partial charge in [0.2, 0.25) is 5.88 Å². The quantitative estimate of drug-likeness (QED) is 0.474. The largest absolute Gasteiger partial charge is 0.423 e. The van der Waals surface area contributed by atoms with Crippen LogP contribution in [0.15, 0.2) is 34.4 Å². The molecule has 0 radical (unpaired) electrons. The summed E-state index contributed by atoms with van der Waals surface area (Å²) in [6.07, 6.45) is 6.62. The highest BCUT2D eigenvalue weighted by molar-refractivity contribution is 6.33. The standard InChI is InChI=1S/C26H29ClN6O2/c1-16-12-18-6-7-21(25(27)19(18)13-16)34-26-29-22(15-23(30-26)33-10-8-32(2)9-11-33)28-24-14-20(31-35-24)17-4-3-5-17/h6-7,13-15,17H,3-5,8-12H2,1-2H3,(H,28,29,30). The molecule has 1 aromatic carbocycles. The van der Waals surface area contributed by atoms with Gasteiger partial charge in [0.1, 0.15) is 17.4 Å². The van der Waals surface area contributed by atoms with E-state index < -0.39 is 0 Å². The van der Waals surface area contributed by atoms with Gasteiger partial charge in [0, 0.05) is 49.8 Å². The summed E-state index contributed by atoms with van der Waals surface area (Å²) in [5.41, 5.74) is 4.51. The molecule has 1 aliphatic heterocycles. The molecule has 0 bridgehead atoms. The van der Waals surface area contributed by atoms with E-state index in [9.17, 15) is 0 Å². The second kappa shape index (κ2) is 9.17. The number of benzene rings is 1. The first-order valence-corrected chi connectivity index (χ1v) is 12.6. The lowest BCUT2D eigenvalue weighted by molar-refractivity contribution is 0.311. The Bertz CT molecular complexity index is 1280. The van der Waals surface area contributed by atoms with Crippen molar-refractivity contribution in [1.82, 2.24) is 20.0 Å². The first-order valence-electron chi connectivity index (χ1n) is 12.2. The molecule has 0 atom stereocenters. The average molecular weight is 493 g/mol. The Balaban J connectivity index is 1.30. The van der Waals surface area contributed by atoms with Gasteiger partial charge in [0.25, 0.3) is 0 Å². The Hall–Kier alpha value is -3.10. The first kappa shape index (κ1) is 22.4. The Morgan fingerprint density at radius 1 is 1.11 bits per heavy atom. The van der Waals surface area contributed by atoms with Gasteiger partial charge in [-0.15, -0.1) is 0 Å².